The largest absolute Gasteiger partial charge is 0.0622 e. The molecule has 0 amide bonds. The number of hydrogen-bond donors (Lipinski definition) is 0. The van der Waals surface area contributed by atoms with Crippen LogP contribution in [0.2, 0.25) is 0 Å². The minimum atomic E-state index is -3.13. The van der Waals surface area contributed by atoms with Crippen LogP contribution in [0, 0.1) is 0 Å². The molecule has 0 N–H and O–H groups in total. The Morgan fingerprint density at radius 2 is 0.372 bits per heavy atom. The molecule has 7 heteroatoms. The van der Waals surface area contributed by atoms with E-state index in [1.54, 1.807) is 0 Å². The van der Waals surface area contributed by atoms with Crippen LogP contribution in [-0.4, -0.2) is 0 Å². The van der Waals surface area contributed by atoms with E-state index in [1.165, 1.54) is 31.8 Å². The maximum Gasteiger partial charge on any atom is -0.0134 e. The van der Waals surface area contributed by atoms with Crippen molar-refractivity contribution in [3.63, 3.8) is 0 Å². The predicted molar refractivity (Wildman–Crippen MR) is 194 cm³/mol. The van der Waals surface area contributed by atoms with Crippen molar-refractivity contribution in [2.45, 2.75) is 0 Å². The van der Waals surface area contributed by atoms with Gasteiger partial charge in [-0.15, -0.1) is 0 Å². The number of rotatable bonds is 6. The molecule has 0 saturated carbocycles. The topological polar surface area (TPSA) is 0 Å². The van der Waals surface area contributed by atoms with Gasteiger partial charge in [0.25, 0.3) is 0 Å². The van der Waals surface area contributed by atoms with Gasteiger partial charge in [0, 0.05) is 0 Å². The Labute approximate surface area is 277 Å². The quantitative estimate of drug-likeness (QED) is 0.117. The van der Waals surface area contributed by atoms with Crippen LogP contribution in [0.25, 0.3) is 0 Å². The van der Waals surface area contributed by atoms with Crippen molar-refractivity contribution in [2.24, 2.45) is 0 Å². The molecule has 6 aromatic carbocycles. The Hall–Kier alpha value is -1.97. The monoisotopic (exact) mass is 762 g/mol. The second-order valence-corrected chi connectivity index (χ2v) is 31.8. The van der Waals surface area contributed by atoms with E-state index in [-0.39, 0.29) is 0 Å². The van der Waals surface area contributed by atoms with Gasteiger partial charge in [-0.05, 0) is 47.7 Å². The predicted octanol–water partition coefficient (Wildman–Crippen LogP) is 9.65. The molecule has 6 rings (SSSR count). The summed E-state index contributed by atoms with van der Waals surface area (Å²) in [6.07, 6.45) is 0. The van der Waals surface area contributed by atoms with E-state index < -0.39 is 27.7 Å². The summed E-state index contributed by atoms with van der Waals surface area (Å²) < 4.78 is 0. The Balaban J connectivity index is 0.000000171. The fourth-order valence-electron chi connectivity index (χ4n) is 4.36. The molecule has 6 aromatic rings. The van der Waals surface area contributed by atoms with Crippen molar-refractivity contribution in [2.75, 3.05) is 0 Å². The Morgan fingerprint density at radius 3 is 0.488 bits per heavy atom. The smallest absolute Gasteiger partial charge is 0.0134 e. The number of benzene rings is 6. The van der Waals surface area contributed by atoms with Gasteiger partial charge in [0.05, 0.1) is 0 Å². The van der Waals surface area contributed by atoms with Gasteiger partial charge in [-0.3, -0.25) is 0 Å². The van der Waals surface area contributed by atoms with Crippen molar-refractivity contribution >= 4 is 85.3 Å². The van der Waals surface area contributed by atoms with Crippen LogP contribution in [0.5, 0.6) is 0 Å². The van der Waals surface area contributed by atoms with Crippen molar-refractivity contribution in [3.8, 4) is 0 Å². The molecule has 0 nitrogen and oxygen atoms in total. The first-order chi connectivity index (χ1) is 20.9. The van der Waals surface area contributed by atoms with Gasteiger partial charge in [0.1, 0.15) is 0 Å². The molecule has 0 saturated heterocycles. The fraction of sp³-hybridized carbons (Fsp3) is 0. The van der Waals surface area contributed by atoms with Crippen molar-refractivity contribution in [3.05, 3.63) is 182 Å². The summed E-state index contributed by atoms with van der Waals surface area (Å²) in [6, 6.07) is 64.7. The van der Waals surface area contributed by atoms with E-state index in [4.69, 9.17) is 37.7 Å². The van der Waals surface area contributed by atoms with Crippen molar-refractivity contribution in [1.29, 1.82) is 0 Å². The summed E-state index contributed by atoms with van der Waals surface area (Å²) in [5, 5.41) is 8.39. The minimum Gasteiger partial charge on any atom is -0.0622 e. The zero-order valence-corrected chi connectivity index (χ0v) is 30.0. The third-order valence-electron chi connectivity index (χ3n) is 6.09. The van der Waals surface area contributed by atoms with Crippen LogP contribution in [-0.2, 0) is 11.9 Å². The van der Waals surface area contributed by atoms with Gasteiger partial charge >= 0.3 is 49.6 Å². The molecule has 0 unspecified atom stereocenters. The van der Waals surface area contributed by atoms with Gasteiger partial charge in [0.15, 0.2) is 0 Å². The molecule has 0 spiro atoms. The molecular formula is C36H30Cl4MoP2. The normalized spacial score (nSPS) is 11.1. The molecule has 0 radical (unpaired) electrons. The summed E-state index contributed by atoms with van der Waals surface area (Å²) in [7, 11) is 19.2. The minimum absolute atomic E-state index is 0.446. The molecule has 43 heavy (non-hydrogen) atoms. The number of hydrogen-bond acceptors (Lipinski definition) is 0. The van der Waals surface area contributed by atoms with Crippen LogP contribution in [0.4, 0.5) is 0 Å². The first-order valence-corrected chi connectivity index (χ1v) is 26.4. The Kier molecular flexibility index (Phi) is 14.3. The van der Waals surface area contributed by atoms with Gasteiger partial charge in [-0.1, -0.05) is 182 Å². The van der Waals surface area contributed by atoms with Crippen LogP contribution < -0.4 is 31.8 Å². The van der Waals surface area contributed by atoms with E-state index in [9.17, 15) is 0 Å². The summed E-state index contributed by atoms with van der Waals surface area (Å²) in [5.74, 6) is 0. The van der Waals surface area contributed by atoms with E-state index >= 15 is 0 Å². The fourth-order valence-corrected chi connectivity index (χ4v) is 8.97. The maximum atomic E-state index is 5.02. The zero-order valence-electron chi connectivity index (χ0n) is 23.1. The molecule has 218 valence electrons. The van der Waals surface area contributed by atoms with Gasteiger partial charge in [-0.25, -0.2) is 0 Å². The third kappa shape index (κ3) is 11.8. The van der Waals surface area contributed by atoms with Crippen LogP contribution in [0.3, 0.4) is 0 Å². The molecule has 0 fully saturated rings. The summed E-state index contributed by atoms with van der Waals surface area (Å²) in [5.41, 5.74) is 0. The molecule has 0 aliphatic heterocycles. The van der Waals surface area contributed by atoms with E-state index in [0.29, 0.717) is 0 Å². The van der Waals surface area contributed by atoms with Crippen molar-refractivity contribution in [1.82, 2.24) is 0 Å². The summed E-state index contributed by atoms with van der Waals surface area (Å²) in [6.45, 7) is 0. The van der Waals surface area contributed by atoms with Crippen LogP contribution in [0.15, 0.2) is 182 Å². The second kappa shape index (κ2) is 18.1. The average molecular weight is 762 g/mol. The standard InChI is InChI=1S/2C18H15P.4ClH.Mo/c2*1-4-10-16(11-5-1)19(17-12-6-2-7-13-17)18-14-8-3-9-15-18;;;;;/h2*1-15H;4*1H;/q;;;;;;+4/p-4. The average Bonchev–Trinajstić information content (AvgIpc) is 3.04. The molecule has 0 atom stereocenters. The zero-order chi connectivity index (χ0) is 30.3. The van der Waals surface area contributed by atoms with Crippen molar-refractivity contribution < 1.29 is 11.9 Å². The van der Waals surface area contributed by atoms with Crippen LogP contribution in [0.1, 0.15) is 0 Å². The van der Waals surface area contributed by atoms with Crippen LogP contribution >= 0.6 is 53.5 Å². The van der Waals surface area contributed by atoms with Gasteiger partial charge in [-0.2, -0.15) is 0 Å². The third-order valence-corrected chi connectivity index (χ3v) is 11.0. The summed E-state index contributed by atoms with van der Waals surface area (Å²) in [4.78, 5) is 0. The molecular weight excluding hydrogens is 732 g/mol. The Morgan fingerprint density at radius 1 is 0.256 bits per heavy atom. The van der Waals surface area contributed by atoms with E-state index in [2.05, 4.69) is 182 Å². The molecule has 0 aliphatic carbocycles. The SMILES string of the molecule is [Cl][Mo]([Cl])([Cl])[Cl].c1ccc(P(c2ccccc2)c2ccccc2)cc1.c1ccc(P(c2ccccc2)c2ccccc2)cc1. The van der Waals surface area contributed by atoms with E-state index in [0.717, 1.165) is 0 Å². The summed E-state index contributed by atoms with van der Waals surface area (Å²) >= 11 is -3.13. The first kappa shape index (κ1) is 33.9. The van der Waals surface area contributed by atoms with Gasteiger partial charge < -0.3 is 0 Å². The van der Waals surface area contributed by atoms with Gasteiger partial charge in [0.2, 0.25) is 0 Å². The first-order valence-electron chi connectivity index (χ1n) is 13.4. The molecule has 0 bridgehead atoms. The molecule has 0 aromatic heterocycles. The second-order valence-electron chi connectivity index (χ2n) is 9.03. The van der Waals surface area contributed by atoms with E-state index in [1.807, 2.05) is 0 Å². The number of halogens is 4. The maximum absolute atomic E-state index is 5.02. The molecule has 0 heterocycles. The Bertz CT molecular complexity index is 1280. The molecule has 0 aliphatic rings.